The van der Waals surface area contributed by atoms with Gasteiger partial charge in [-0.25, -0.2) is 14.4 Å². The summed E-state index contributed by atoms with van der Waals surface area (Å²) in [5.74, 6) is -0.407. The van der Waals surface area contributed by atoms with Gasteiger partial charge in [0.25, 0.3) is 0 Å². The van der Waals surface area contributed by atoms with Crippen LogP contribution < -0.4 is 5.73 Å². The van der Waals surface area contributed by atoms with Crippen molar-refractivity contribution in [2.75, 3.05) is 5.73 Å². The number of nitrogens with two attached hydrogens (primary N) is 1. The molecule has 2 aromatic heterocycles. The number of hydrogen-bond donors (Lipinski definition) is 1. The molecular formula is C14H10FN3S. The van der Waals surface area contributed by atoms with E-state index in [1.807, 2.05) is 41.8 Å². The Labute approximate surface area is 113 Å². The molecule has 94 valence electrons. The fraction of sp³-hybridized carbons (Fsp3) is 0. The lowest BCUT2D eigenvalue weighted by Crippen LogP contribution is -1.99. The van der Waals surface area contributed by atoms with Crippen molar-refractivity contribution >= 4 is 17.3 Å². The highest BCUT2D eigenvalue weighted by Gasteiger charge is 2.13. The lowest BCUT2D eigenvalue weighted by Gasteiger charge is -2.08. The molecule has 0 fully saturated rings. The van der Waals surface area contributed by atoms with Crippen molar-refractivity contribution in [3.8, 4) is 21.7 Å². The normalized spacial score (nSPS) is 10.6. The summed E-state index contributed by atoms with van der Waals surface area (Å²) in [6, 6.07) is 11.5. The maximum atomic E-state index is 13.9. The first-order valence-electron chi connectivity index (χ1n) is 5.67. The Balaban J connectivity index is 2.23. The highest BCUT2D eigenvalue weighted by Crippen LogP contribution is 2.34. The summed E-state index contributed by atoms with van der Waals surface area (Å²) in [4.78, 5) is 8.72. The second-order valence-corrected chi connectivity index (χ2v) is 4.90. The van der Waals surface area contributed by atoms with Crippen molar-refractivity contribution in [2.45, 2.75) is 0 Å². The molecule has 0 radical (unpaired) electrons. The molecule has 1 aromatic carbocycles. The molecule has 0 aliphatic carbocycles. The first-order valence-corrected chi connectivity index (χ1v) is 6.55. The first kappa shape index (κ1) is 11.8. The zero-order valence-corrected chi connectivity index (χ0v) is 10.7. The second-order valence-electron chi connectivity index (χ2n) is 3.95. The average molecular weight is 271 g/mol. The molecule has 0 bridgehead atoms. The van der Waals surface area contributed by atoms with Crippen LogP contribution >= 0.6 is 11.3 Å². The minimum absolute atomic E-state index is 0.0670. The predicted molar refractivity (Wildman–Crippen MR) is 75.2 cm³/mol. The molecule has 0 saturated carbocycles. The highest BCUT2D eigenvalue weighted by molar-refractivity contribution is 7.13. The van der Waals surface area contributed by atoms with E-state index in [0.29, 0.717) is 0 Å². The van der Waals surface area contributed by atoms with Crippen molar-refractivity contribution in [3.05, 3.63) is 53.8 Å². The van der Waals surface area contributed by atoms with E-state index in [4.69, 9.17) is 5.73 Å². The van der Waals surface area contributed by atoms with Gasteiger partial charge < -0.3 is 5.73 Å². The summed E-state index contributed by atoms with van der Waals surface area (Å²) in [5, 5.41) is 1.98. The van der Waals surface area contributed by atoms with Crippen molar-refractivity contribution in [1.82, 2.24) is 9.97 Å². The molecule has 5 heteroatoms. The van der Waals surface area contributed by atoms with Gasteiger partial charge in [-0.1, -0.05) is 30.3 Å². The molecule has 0 aliphatic rings. The number of benzene rings is 1. The SMILES string of the molecule is Nc1ncc(F)c(-c2ccccc2-c2cccs2)n1. The van der Waals surface area contributed by atoms with Gasteiger partial charge in [-0.15, -0.1) is 11.3 Å². The third-order valence-electron chi connectivity index (χ3n) is 2.73. The van der Waals surface area contributed by atoms with E-state index in [0.717, 1.165) is 22.2 Å². The Morgan fingerprint density at radius 1 is 1.05 bits per heavy atom. The van der Waals surface area contributed by atoms with E-state index in [2.05, 4.69) is 9.97 Å². The largest absolute Gasteiger partial charge is 0.368 e. The van der Waals surface area contributed by atoms with E-state index >= 15 is 0 Å². The van der Waals surface area contributed by atoms with Crippen LogP contribution in [0.3, 0.4) is 0 Å². The van der Waals surface area contributed by atoms with E-state index in [9.17, 15) is 4.39 Å². The topological polar surface area (TPSA) is 51.8 Å². The van der Waals surface area contributed by atoms with Gasteiger partial charge in [0.1, 0.15) is 5.69 Å². The van der Waals surface area contributed by atoms with Crippen LogP contribution in [0, 0.1) is 5.82 Å². The van der Waals surface area contributed by atoms with Gasteiger partial charge in [-0.05, 0) is 11.4 Å². The van der Waals surface area contributed by atoms with Crippen LogP contribution in [0.15, 0.2) is 48.0 Å². The van der Waals surface area contributed by atoms with Gasteiger partial charge in [0, 0.05) is 16.0 Å². The average Bonchev–Trinajstić information content (AvgIpc) is 2.95. The van der Waals surface area contributed by atoms with Gasteiger partial charge in [0.15, 0.2) is 5.82 Å². The summed E-state index contributed by atoms with van der Waals surface area (Å²) >= 11 is 1.60. The number of aromatic nitrogens is 2. The number of halogens is 1. The lowest BCUT2D eigenvalue weighted by atomic mass is 10.0. The van der Waals surface area contributed by atoms with Gasteiger partial charge in [-0.2, -0.15) is 0 Å². The molecule has 0 saturated heterocycles. The predicted octanol–water partition coefficient (Wildman–Crippen LogP) is 3.59. The van der Waals surface area contributed by atoms with Crippen LogP contribution in [0.1, 0.15) is 0 Å². The van der Waals surface area contributed by atoms with Crippen molar-refractivity contribution < 1.29 is 4.39 Å². The third kappa shape index (κ3) is 2.20. The molecule has 0 spiro atoms. The molecule has 2 N–H and O–H groups in total. The standard InChI is InChI=1S/C14H10FN3S/c15-11-8-17-14(16)18-13(11)10-5-2-1-4-9(10)12-6-3-7-19-12/h1-8H,(H2,16,17,18). The van der Waals surface area contributed by atoms with Crippen molar-refractivity contribution in [3.63, 3.8) is 0 Å². The minimum atomic E-state index is -0.474. The van der Waals surface area contributed by atoms with Crippen molar-refractivity contribution in [2.24, 2.45) is 0 Å². The first-order chi connectivity index (χ1) is 9.25. The quantitative estimate of drug-likeness (QED) is 0.775. The second kappa shape index (κ2) is 4.78. The molecular weight excluding hydrogens is 261 g/mol. The smallest absolute Gasteiger partial charge is 0.220 e. The Hall–Kier alpha value is -2.27. The summed E-state index contributed by atoms with van der Waals surface area (Å²) in [5.41, 5.74) is 7.44. The van der Waals surface area contributed by atoms with Gasteiger partial charge in [-0.3, -0.25) is 0 Å². The minimum Gasteiger partial charge on any atom is -0.368 e. The van der Waals surface area contributed by atoms with E-state index in [-0.39, 0.29) is 11.6 Å². The van der Waals surface area contributed by atoms with E-state index in [1.165, 1.54) is 0 Å². The number of nitrogens with zero attached hydrogens (tertiary/aromatic N) is 2. The van der Waals surface area contributed by atoms with Gasteiger partial charge in [0.05, 0.1) is 6.20 Å². The molecule has 0 atom stereocenters. The highest BCUT2D eigenvalue weighted by atomic mass is 32.1. The van der Waals surface area contributed by atoms with Crippen LogP contribution in [-0.2, 0) is 0 Å². The molecule has 3 nitrogen and oxygen atoms in total. The monoisotopic (exact) mass is 271 g/mol. The van der Waals surface area contributed by atoms with E-state index in [1.54, 1.807) is 11.3 Å². The Bertz CT molecular complexity index is 710. The van der Waals surface area contributed by atoms with Crippen LogP contribution in [-0.4, -0.2) is 9.97 Å². The Kier molecular flexibility index (Phi) is 2.97. The summed E-state index contributed by atoms with van der Waals surface area (Å²) in [6.45, 7) is 0. The zero-order valence-electron chi connectivity index (χ0n) is 9.88. The third-order valence-corrected chi connectivity index (χ3v) is 3.63. The summed E-state index contributed by atoms with van der Waals surface area (Å²) in [7, 11) is 0. The molecule has 0 amide bonds. The maximum absolute atomic E-state index is 13.9. The molecule has 0 aliphatic heterocycles. The van der Waals surface area contributed by atoms with Gasteiger partial charge in [0.2, 0.25) is 5.95 Å². The molecule has 3 rings (SSSR count). The molecule has 19 heavy (non-hydrogen) atoms. The maximum Gasteiger partial charge on any atom is 0.220 e. The Morgan fingerprint density at radius 2 is 1.84 bits per heavy atom. The molecule has 3 aromatic rings. The Morgan fingerprint density at radius 3 is 2.58 bits per heavy atom. The van der Waals surface area contributed by atoms with E-state index < -0.39 is 5.82 Å². The van der Waals surface area contributed by atoms with Gasteiger partial charge >= 0.3 is 0 Å². The van der Waals surface area contributed by atoms with Crippen molar-refractivity contribution in [1.29, 1.82) is 0 Å². The van der Waals surface area contributed by atoms with Crippen LogP contribution in [0.4, 0.5) is 10.3 Å². The van der Waals surface area contributed by atoms with Crippen LogP contribution in [0.5, 0.6) is 0 Å². The lowest BCUT2D eigenvalue weighted by molar-refractivity contribution is 0.619. The number of rotatable bonds is 2. The summed E-state index contributed by atoms with van der Waals surface area (Å²) < 4.78 is 13.9. The zero-order chi connectivity index (χ0) is 13.2. The summed E-state index contributed by atoms with van der Waals surface area (Å²) in [6.07, 6.45) is 1.10. The van der Waals surface area contributed by atoms with Crippen LogP contribution in [0.2, 0.25) is 0 Å². The number of hydrogen-bond acceptors (Lipinski definition) is 4. The molecule has 0 unspecified atom stereocenters. The number of anilines is 1. The number of thiophene rings is 1. The fourth-order valence-corrected chi connectivity index (χ4v) is 2.67. The number of nitrogen functional groups attached to an aromatic ring is 1. The van der Waals surface area contributed by atoms with Crippen LogP contribution in [0.25, 0.3) is 21.7 Å². The fourth-order valence-electron chi connectivity index (χ4n) is 1.91. The molecule has 2 heterocycles.